The average molecular weight is 478 g/mol. The van der Waals surface area contributed by atoms with Crippen molar-refractivity contribution >= 4 is 34.6 Å². The molecule has 2 aromatic carbocycles. The van der Waals surface area contributed by atoms with Crippen molar-refractivity contribution in [3.63, 3.8) is 0 Å². The van der Waals surface area contributed by atoms with Crippen molar-refractivity contribution in [2.75, 3.05) is 19.0 Å². The first-order valence-corrected chi connectivity index (χ1v) is 10.8. The highest BCUT2D eigenvalue weighted by atomic mass is 32.1. The smallest absolute Gasteiger partial charge is 0.357 e. The SMILES string of the molecule is COc1cc([N+](=O)[O-])ccc1NC(=O)COC(=O)c1cc(-c2cccs2)nn1-c1ccccc1. The molecule has 0 aliphatic rings. The molecule has 4 aromatic rings. The van der Waals surface area contributed by atoms with Gasteiger partial charge >= 0.3 is 5.97 Å². The summed E-state index contributed by atoms with van der Waals surface area (Å²) < 4.78 is 11.8. The van der Waals surface area contributed by atoms with Crippen molar-refractivity contribution in [3.05, 3.63) is 87.9 Å². The summed E-state index contributed by atoms with van der Waals surface area (Å²) in [5.41, 5.74) is 1.46. The van der Waals surface area contributed by atoms with Crippen molar-refractivity contribution in [3.8, 4) is 22.0 Å². The third-order valence-electron chi connectivity index (χ3n) is 4.70. The van der Waals surface area contributed by atoms with Gasteiger partial charge in [-0.05, 0) is 29.6 Å². The maximum absolute atomic E-state index is 12.9. The number of non-ortho nitro benzene ring substituents is 1. The molecule has 1 amide bonds. The first-order chi connectivity index (χ1) is 16.5. The lowest BCUT2D eigenvalue weighted by molar-refractivity contribution is -0.384. The summed E-state index contributed by atoms with van der Waals surface area (Å²) in [6.07, 6.45) is 0. The van der Waals surface area contributed by atoms with Crippen LogP contribution in [0.25, 0.3) is 16.3 Å². The molecule has 0 spiro atoms. The maximum Gasteiger partial charge on any atom is 0.357 e. The zero-order valence-corrected chi connectivity index (χ0v) is 18.7. The standard InChI is InChI=1S/C23H18N4O6S/c1-32-20-12-16(27(30)31)9-10-17(20)24-22(28)14-33-23(29)19-13-18(21-8-5-11-34-21)25-26(19)15-6-3-2-4-7-15/h2-13H,14H2,1H3,(H,24,28). The van der Waals surface area contributed by atoms with Crippen LogP contribution >= 0.6 is 11.3 Å². The van der Waals surface area contributed by atoms with Gasteiger partial charge in [-0.2, -0.15) is 5.10 Å². The van der Waals surface area contributed by atoms with Crippen LogP contribution in [-0.4, -0.2) is 40.3 Å². The van der Waals surface area contributed by atoms with Crippen LogP contribution in [0.2, 0.25) is 0 Å². The molecule has 0 fully saturated rings. The molecule has 0 saturated carbocycles. The van der Waals surface area contributed by atoms with Crippen LogP contribution in [0, 0.1) is 10.1 Å². The number of para-hydroxylation sites is 1. The third-order valence-corrected chi connectivity index (χ3v) is 5.59. The van der Waals surface area contributed by atoms with Crippen LogP contribution in [-0.2, 0) is 9.53 Å². The van der Waals surface area contributed by atoms with E-state index in [0.29, 0.717) is 11.4 Å². The maximum atomic E-state index is 12.9. The van der Waals surface area contributed by atoms with E-state index in [9.17, 15) is 19.7 Å². The third kappa shape index (κ3) is 4.94. The molecular weight excluding hydrogens is 460 g/mol. The Labute approximate surface area is 197 Å². The molecule has 0 saturated heterocycles. The number of hydrogen-bond acceptors (Lipinski definition) is 8. The Hall–Kier alpha value is -4.51. The highest BCUT2D eigenvalue weighted by Gasteiger charge is 2.21. The number of benzene rings is 2. The zero-order chi connectivity index (χ0) is 24.1. The molecule has 11 heteroatoms. The largest absolute Gasteiger partial charge is 0.494 e. The zero-order valence-electron chi connectivity index (χ0n) is 17.8. The van der Waals surface area contributed by atoms with E-state index in [0.717, 1.165) is 4.88 Å². The van der Waals surface area contributed by atoms with Gasteiger partial charge in [0.15, 0.2) is 12.3 Å². The second-order valence-corrected chi connectivity index (χ2v) is 7.85. The van der Waals surface area contributed by atoms with Crippen LogP contribution < -0.4 is 10.1 Å². The molecule has 0 atom stereocenters. The number of thiophene rings is 1. The van der Waals surface area contributed by atoms with E-state index in [-0.39, 0.29) is 22.8 Å². The number of nitrogens with one attached hydrogen (secondary N) is 1. The number of carbonyl (C=O) groups is 2. The summed E-state index contributed by atoms with van der Waals surface area (Å²) >= 11 is 1.48. The second-order valence-electron chi connectivity index (χ2n) is 6.91. The summed E-state index contributed by atoms with van der Waals surface area (Å²) in [4.78, 5) is 36.5. The summed E-state index contributed by atoms with van der Waals surface area (Å²) in [5, 5.41) is 19.9. The number of amides is 1. The number of methoxy groups -OCH3 is 1. The molecule has 172 valence electrons. The summed E-state index contributed by atoms with van der Waals surface area (Å²) in [7, 11) is 1.32. The topological polar surface area (TPSA) is 126 Å². The van der Waals surface area contributed by atoms with Gasteiger partial charge in [0.2, 0.25) is 0 Å². The minimum atomic E-state index is -0.732. The quantitative estimate of drug-likeness (QED) is 0.227. The Bertz CT molecular complexity index is 1340. The molecule has 0 aliphatic carbocycles. The van der Waals surface area contributed by atoms with Gasteiger partial charge in [-0.3, -0.25) is 14.9 Å². The van der Waals surface area contributed by atoms with Gasteiger partial charge in [0.25, 0.3) is 11.6 Å². The first-order valence-electron chi connectivity index (χ1n) is 9.95. The molecule has 0 unspecified atom stereocenters. The summed E-state index contributed by atoms with van der Waals surface area (Å²) in [6.45, 7) is -0.576. The highest BCUT2D eigenvalue weighted by Crippen LogP contribution is 2.29. The van der Waals surface area contributed by atoms with Crippen LogP contribution in [0.1, 0.15) is 10.5 Å². The molecule has 2 heterocycles. The fourth-order valence-corrected chi connectivity index (χ4v) is 3.81. The Balaban J connectivity index is 1.50. The van der Waals surface area contributed by atoms with Crippen LogP contribution in [0.4, 0.5) is 11.4 Å². The van der Waals surface area contributed by atoms with E-state index in [1.165, 1.54) is 41.3 Å². The van der Waals surface area contributed by atoms with Gasteiger partial charge in [0.05, 0.1) is 34.4 Å². The number of esters is 1. The van der Waals surface area contributed by atoms with Gasteiger partial charge in [-0.1, -0.05) is 24.3 Å². The van der Waals surface area contributed by atoms with E-state index >= 15 is 0 Å². The molecule has 34 heavy (non-hydrogen) atoms. The summed E-state index contributed by atoms with van der Waals surface area (Å²) in [5.74, 6) is -1.26. The van der Waals surface area contributed by atoms with Crippen molar-refractivity contribution in [2.45, 2.75) is 0 Å². The van der Waals surface area contributed by atoms with Gasteiger partial charge < -0.3 is 14.8 Å². The predicted octanol–water partition coefficient (Wildman–Crippen LogP) is 4.31. The van der Waals surface area contributed by atoms with E-state index in [1.54, 1.807) is 18.2 Å². The number of hydrogen-bond donors (Lipinski definition) is 1. The first kappa shape index (κ1) is 22.7. The number of ether oxygens (including phenoxy) is 2. The molecule has 2 aromatic heterocycles. The van der Waals surface area contributed by atoms with E-state index in [2.05, 4.69) is 10.4 Å². The lowest BCUT2D eigenvalue weighted by Crippen LogP contribution is -2.22. The Morgan fingerprint density at radius 2 is 1.91 bits per heavy atom. The molecule has 4 rings (SSSR count). The van der Waals surface area contributed by atoms with Gasteiger partial charge in [-0.15, -0.1) is 11.3 Å². The second kappa shape index (κ2) is 9.96. The van der Waals surface area contributed by atoms with E-state index in [1.807, 2.05) is 35.7 Å². The number of carbonyl (C=O) groups excluding carboxylic acids is 2. The number of rotatable bonds is 8. The lowest BCUT2D eigenvalue weighted by Gasteiger charge is -2.11. The molecule has 10 nitrogen and oxygen atoms in total. The van der Waals surface area contributed by atoms with Gasteiger partial charge in [0, 0.05) is 12.1 Å². The number of nitro benzene ring substituents is 1. The Morgan fingerprint density at radius 3 is 2.59 bits per heavy atom. The highest BCUT2D eigenvalue weighted by molar-refractivity contribution is 7.13. The fourth-order valence-electron chi connectivity index (χ4n) is 3.13. The Morgan fingerprint density at radius 1 is 1.12 bits per heavy atom. The van der Waals surface area contributed by atoms with Gasteiger partial charge in [-0.25, -0.2) is 9.48 Å². The van der Waals surface area contributed by atoms with Crippen LogP contribution in [0.15, 0.2) is 72.1 Å². The minimum absolute atomic E-state index is 0.108. The number of nitro groups is 1. The molecule has 0 bridgehead atoms. The predicted molar refractivity (Wildman–Crippen MR) is 125 cm³/mol. The van der Waals surface area contributed by atoms with Crippen LogP contribution in [0.3, 0.4) is 0 Å². The fraction of sp³-hybridized carbons (Fsp3) is 0.0870. The van der Waals surface area contributed by atoms with Gasteiger partial charge in [0.1, 0.15) is 11.4 Å². The normalized spacial score (nSPS) is 10.5. The average Bonchev–Trinajstić information content (AvgIpc) is 3.53. The van der Waals surface area contributed by atoms with Crippen molar-refractivity contribution in [1.82, 2.24) is 9.78 Å². The van der Waals surface area contributed by atoms with Crippen LogP contribution in [0.5, 0.6) is 5.75 Å². The monoisotopic (exact) mass is 478 g/mol. The van der Waals surface area contributed by atoms with E-state index in [4.69, 9.17) is 9.47 Å². The summed E-state index contributed by atoms with van der Waals surface area (Å²) in [6, 6.07) is 18.2. The molecule has 1 N–H and O–H groups in total. The number of nitrogens with zero attached hydrogens (tertiary/aromatic N) is 3. The minimum Gasteiger partial charge on any atom is -0.494 e. The van der Waals surface area contributed by atoms with Crippen molar-refractivity contribution in [1.29, 1.82) is 0 Å². The number of aromatic nitrogens is 2. The van der Waals surface area contributed by atoms with Crippen molar-refractivity contribution in [2.24, 2.45) is 0 Å². The van der Waals surface area contributed by atoms with Crippen molar-refractivity contribution < 1.29 is 24.0 Å². The molecule has 0 radical (unpaired) electrons. The number of anilines is 1. The molecular formula is C23H18N4O6S. The molecule has 0 aliphatic heterocycles. The lowest BCUT2D eigenvalue weighted by atomic mass is 10.2. The van der Waals surface area contributed by atoms with E-state index < -0.39 is 23.4 Å². The Kier molecular flexibility index (Phi) is 6.64.